The summed E-state index contributed by atoms with van der Waals surface area (Å²) in [6.07, 6.45) is 0. The number of phenolic OH excluding ortho intramolecular Hbond substituents is 1. The predicted molar refractivity (Wildman–Crippen MR) is 75.6 cm³/mol. The number of hydrogen-bond acceptors (Lipinski definition) is 3. The Morgan fingerprint density at radius 3 is 2.95 bits per heavy atom. The van der Waals surface area contributed by atoms with Gasteiger partial charge in [0.1, 0.15) is 5.75 Å². The van der Waals surface area contributed by atoms with E-state index in [9.17, 15) is 14.7 Å². The minimum absolute atomic E-state index is 0.0257. The standard InChI is InChI=1S/C13H14BrN3O3/c14-8-1-2-10(11(18)5-8)12(19)16-3-4-17-9(7-16)6-15-13(17)20/h1-2,5,9,18H,3-4,6-7H2,(H,15,20). The van der Waals surface area contributed by atoms with Crippen LogP contribution in [-0.2, 0) is 0 Å². The molecule has 0 spiro atoms. The second-order valence-corrected chi connectivity index (χ2v) is 5.86. The highest BCUT2D eigenvalue weighted by atomic mass is 79.9. The third kappa shape index (κ3) is 2.22. The van der Waals surface area contributed by atoms with Crippen molar-refractivity contribution >= 4 is 27.9 Å². The fourth-order valence-electron chi connectivity index (χ4n) is 2.64. The molecule has 2 aliphatic rings. The lowest BCUT2D eigenvalue weighted by atomic mass is 10.1. The van der Waals surface area contributed by atoms with Crippen LogP contribution in [0.2, 0.25) is 0 Å². The van der Waals surface area contributed by atoms with E-state index in [1.165, 1.54) is 6.07 Å². The molecule has 0 radical (unpaired) electrons. The van der Waals surface area contributed by atoms with Crippen LogP contribution in [0.15, 0.2) is 22.7 Å². The molecule has 7 heteroatoms. The van der Waals surface area contributed by atoms with Gasteiger partial charge in [0, 0.05) is 30.7 Å². The first-order chi connectivity index (χ1) is 9.56. The van der Waals surface area contributed by atoms with Crippen LogP contribution in [0.1, 0.15) is 10.4 Å². The molecule has 2 heterocycles. The zero-order chi connectivity index (χ0) is 14.3. The number of piperazine rings is 1. The maximum absolute atomic E-state index is 12.4. The summed E-state index contributed by atoms with van der Waals surface area (Å²) in [4.78, 5) is 27.4. The van der Waals surface area contributed by atoms with Crippen LogP contribution in [0.3, 0.4) is 0 Å². The molecule has 0 saturated carbocycles. The van der Waals surface area contributed by atoms with Crippen molar-refractivity contribution in [2.24, 2.45) is 0 Å². The molecule has 2 N–H and O–H groups in total. The Hall–Kier alpha value is -1.76. The van der Waals surface area contributed by atoms with Gasteiger partial charge in [-0.05, 0) is 18.2 Å². The largest absolute Gasteiger partial charge is 0.507 e. The van der Waals surface area contributed by atoms with Gasteiger partial charge >= 0.3 is 6.03 Å². The maximum atomic E-state index is 12.4. The average Bonchev–Trinajstić information content (AvgIpc) is 2.79. The van der Waals surface area contributed by atoms with Gasteiger partial charge in [0.2, 0.25) is 0 Å². The van der Waals surface area contributed by atoms with Crippen LogP contribution in [0.4, 0.5) is 4.79 Å². The molecule has 0 bridgehead atoms. The number of aromatic hydroxyl groups is 1. The lowest BCUT2D eigenvalue weighted by Gasteiger charge is -2.36. The van der Waals surface area contributed by atoms with Gasteiger partial charge in [0.15, 0.2) is 0 Å². The number of halogens is 1. The number of phenols is 1. The summed E-state index contributed by atoms with van der Waals surface area (Å²) >= 11 is 3.25. The first-order valence-electron chi connectivity index (χ1n) is 6.38. The van der Waals surface area contributed by atoms with Crippen LogP contribution in [0.5, 0.6) is 5.75 Å². The molecule has 20 heavy (non-hydrogen) atoms. The lowest BCUT2D eigenvalue weighted by Crippen LogP contribution is -2.53. The predicted octanol–water partition coefficient (Wildman–Crippen LogP) is 1.00. The van der Waals surface area contributed by atoms with Crippen molar-refractivity contribution in [3.05, 3.63) is 28.2 Å². The molecule has 0 aromatic heterocycles. The Morgan fingerprint density at radius 2 is 2.20 bits per heavy atom. The van der Waals surface area contributed by atoms with E-state index < -0.39 is 0 Å². The third-order valence-corrected chi connectivity index (χ3v) is 4.20. The van der Waals surface area contributed by atoms with E-state index in [0.29, 0.717) is 31.7 Å². The summed E-state index contributed by atoms with van der Waals surface area (Å²) in [6.45, 7) is 2.07. The van der Waals surface area contributed by atoms with Gasteiger partial charge < -0.3 is 20.2 Å². The molecule has 0 aliphatic carbocycles. The van der Waals surface area contributed by atoms with Crippen molar-refractivity contribution in [1.82, 2.24) is 15.1 Å². The zero-order valence-corrected chi connectivity index (χ0v) is 12.3. The Bertz CT molecular complexity index is 578. The molecule has 2 aliphatic heterocycles. The minimum Gasteiger partial charge on any atom is -0.507 e. The van der Waals surface area contributed by atoms with Crippen molar-refractivity contribution in [3.8, 4) is 5.75 Å². The summed E-state index contributed by atoms with van der Waals surface area (Å²) in [5.41, 5.74) is 0.291. The molecular formula is C13H14BrN3O3. The SMILES string of the molecule is O=C(c1ccc(Br)cc1O)N1CCN2C(=O)NCC2C1. The Kier molecular flexibility index (Phi) is 3.29. The Morgan fingerprint density at radius 1 is 1.40 bits per heavy atom. The van der Waals surface area contributed by atoms with Gasteiger partial charge in [-0.15, -0.1) is 0 Å². The van der Waals surface area contributed by atoms with Crippen LogP contribution in [0, 0.1) is 0 Å². The van der Waals surface area contributed by atoms with Crippen LogP contribution in [-0.4, -0.2) is 59.1 Å². The third-order valence-electron chi connectivity index (χ3n) is 3.71. The molecular weight excluding hydrogens is 326 g/mol. The number of hydrogen-bond donors (Lipinski definition) is 2. The molecule has 1 aromatic carbocycles. The molecule has 3 rings (SSSR count). The van der Waals surface area contributed by atoms with Gasteiger partial charge in [-0.25, -0.2) is 4.79 Å². The summed E-state index contributed by atoms with van der Waals surface area (Å²) in [7, 11) is 0. The smallest absolute Gasteiger partial charge is 0.317 e. The maximum Gasteiger partial charge on any atom is 0.317 e. The van der Waals surface area contributed by atoms with Crippen molar-refractivity contribution in [1.29, 1.82) is 0 Å². The minimum atomic E-state index is -0.200. The Balaban J connectivity index is 1.77. The molecule has 6 nitrogen and oxygen atoms in total. The topological polar surface area (TPSA) is 72.9 Å². The fraction of sp³-hybridized carbons (Fsp3) is 0.385. The monoisotopic (exact) mass is 339 g/mol. The molecule has 106 valence electrons. The molecule has 1 aromatic rings. The molecule has 3 amide bonds. The van der Waals surface area contributed by atoms with Gasteiger partial charge in [0.25, 0.3) is 5.91 Å². The van der Waals surface area contributed by atoms with Gasteiger partial charge in [0.05, 0.1) is 11.6 Å². The molecule has 2 fully saturated rings. The summed E-state index contributed by atoms with van der Waals surface area (Å²) in [5, 5.41) is 12.6. The normalized spacial score (nSPS) is 21.6. The van der Waals surface area contributed by atoms with E-state index in [1.807, 2.05) is 0 Å². The van der Waals surface area contributed by atoms with Crippen LogP contribution in [0.25, 0.3) is 0 Å². The Labute approximate surface area is 124 Å². The van der Waals surface area contributed by atoms with E-state index in [0.717, 1.165) is 4.47 Å². The summed E-state index contributed by atoms with van der Waals surface area (Å²) in [5.74, 6) is -0.235. The quantitative estimate of drug-likeness (QED) is 0.801. The first-order valence-corrected chi connectivity index (χ1v) is 7.18. The van der Waals surface area contributed by atoms with E-state index in [-0.39, 0.29) is 23.7 Å². The van der Waals surface area contributed by atoms with Gasteiger partial charge in [-0.1, -0.05) is 15.9 Å². The van der Waals surface area contributed by atoms with Crippen molar-refractivity contribution < 1.29 is 14.7 Å². The summed E-state index contributed by atoms with van der Waals surface area (Å²) in [6, 6.07) is 4.80. The van der Waals surface area contributed by atoms with Crippen molar-refractivity contribution in [3.63, 3.8) is 0 Å². The van der Waals surface area contributed by atoms with Gasteiger partial charge in [-0.3, -0.25) is 4.79 Å². The fourth-order valence-corrected chi connectivity index (χ4v) is 2.99. The highest BCUT2D eigenvalue weighted by molar-refractivity contribution is 9.10. The number of urea groups is 1. The number of benzene rings is 1. The van der Waals surface area contributed by atoms with Gasteiger partial charge in [-0.2, -0.15) is 0 Å². The number of rotatable bonds is 1. The van der Waals surface area contributed by atoms with E-state index in [2.05, 4.69) is 21.2 Å². The number of amides is 3. The zero-order valence-electron chi connectivity index (χ0n) is 10.7. The first kappa shape index (κ1) is 13.2. The number of carbonyl (C=O) groups excluding carboxylic acids is 2. The number of nitrogens with zero attached hydrogens (tertiary/aromatic N) is 2. The van der Waals surface area contributed by atoms with Crippen LogP contribution < -0.4 is 5.32 Å². The van der Waals surface area contributed by atoms with E-state index in [1.54, 1.807) is 21.9 Å². The molecule has 1 unspecified atom stereocenters. The highest BCUT2D eigenvalue weighted by Gasteiger charge is 2.37. The highest BCUT2D eigenvalue weighted by Crippen LogP contribution is 2.25. The van der Waals surface area contributed by atoms with E-state index >= 15 is 0 Å². The van der Waals surface area contributed by atoms with Crippen molar-refractivity contribution in [2.75, 3.05) is 26.2 Å². The number of fused-ring (bicyclic) bond motifs is 1. The molecule has 1 atom stereocenters. The molecule has 2 saturated heterocycles. The second-order valence-electron chi connectivity index (χ2n) is 4.95. The number of carbonyl (C=O) groups is 2. The summed E-state index contributed by atoms with van der Waals surface area (Å²) < 4.78 is 0.724. The number of nitrogens with one attached hydrogen (secondary N) is 1. The van der Waals surface area contributed by atoms with Crippen molar-refractivity contribution in [2.45, 2.75) is 6.04 Å². The average molecular weight is 340 g/mol. The van der Waals surface area contributed by atoms with E-state index in [4.69, 9.17) is 0 Å². The second kappa shape index (κ2) is 4.97. The lowest BCUT2D eigenvalue weighted by molar-refractivity contribution is 0.0614. The van der Waals surface area contributed by atoms with Crippen LogP contribution >= 0.6 is 15.9 Å².